The Labute approximate surface area is 191 Å². The van der Waals surface area contributed by atoms with Crippen LogP contribution >= 0.6 is 0 Å². The molecule has 1 heterocycles. The van der Waals surface area contributed by atoms with Crippen LogP contribution in [0.5, 0.6) is 5.88 Å². The summed E-state index contributed by atoms with van der Waals surface area (Å²) < 4.78 is 41.0. The minimum atomic E-state index is -1.60. The van der Waals surface area contributed by atoms with E-state index in [1.54, 1.807) is 52.0 Å². The molecule has 0 aliphatic rings. The van der Waals surface area contributed by atoms with E-state index in [0.29, 0.717) is 28.8 Å². The molecule has 2 atom stereocenters. The highest BCUT2D eigenvalue weighted by Gasteiger charge is 2.27. The molecule has 0 saturated heterocycles. The van der Waals surface area contributed by atoms with E-state index >= 15 is 4.39 Å². The maximum atomic E-state index is 15.5. The molecule has 0 saturated carbocycles. The Balaban J connectivity index is 2.00. The zero-order chi connectivity index (χ0) is 24.3. The van der Waals surface area contributed by atoms with Crippen molar-refractivity contribution in [2.45, 2.75) is 52.4 Å². The lowest BCUT2D eigenvalue weighted by molar-refractivity contribution is 0.0507. The highest BCUT2D eigenvalue weighted by molar-refractivity contribution is 5.90. The van der Waals surface area contributed by atoms with Crippen molar-refractivity contribution in [3.63, 3.8) is 0 Å². The highest BCUT2D eigenvalue weighted by Crippen LogP contribution is 2.35. The normalized spacial score (nSPS) is 13.5. The molecule has 3 aromatic rings. The van der Waals surface area contributed by atoms with Crippen molar-refractivity contribution in [1.29, 1.82) is 0 Å². The number of rotatable bonds is 6. The molecule has 0 aliphatic heterocycles. The SMILES string of the molecule is CCOc1nccc2c(C(O)c3c(F)ccc([C@@H](C)NC(=O)OC(C)(C)C)c3F)cccc12. The van der Waals surface area contributed by atoms with Gasteiger partial charge in [-0.05, 0) is 63.8 Å². The number of aliphatic hydroxyl groups is 1. The minimum absolute atomic E-state index is 0.0215. The number of hydrogen-bond acceptors (Lipinski definition) is 5. The minimum Gasteiger partial charge on any atom is -0.478 e. The fraction of sp³-hybridized carbons (Fsp3) is 0.360. The van der Waals surface area contributed by atoms with Gasteiger partial charge in [0.2, 0.25) is 5.88 Å². The number of nitrogens with zero attached hydrogens (tertiary/aromatic N) is 1. The van der Waals surface area contributed by atoms with Crippen LogP contribution in [-0.4, -0.2) is 28.4 Å². The molecular formula is C25H28F2N2O4. The Morgan fingerprint density at radius 1 is 1.12 bits per heavy atom. The first-order valence-electron chi connectivity index (χ1n) is 10.7. The second-order valence-electron chi connectivity index (χ2n) is 8.63. The number of carbonyl (C=O) groups excluding carboxylic acids is 1. The zero-order valence-electron chi connectivity index (χ0n) is 19.3. The van der Waals surface area contributed by atoms with E-state index in [0.717, 1.165) is 6.07 Å². The highest BCUT2D eigenvalue weighted by atomic mass is 19.1. The van der Waals surface area contributed by atoms with Gasteiger partial charge in [0, 0.05) is 17.1 Å². The molecule has 1 unspecified atom stereocenters. The van der Waals surface area contributed by atoms with Crippen molar-refractivity contribution in [2.75, 3.05) is 6.61 Å². The Kier molecular flexibility index (Phi) is 7.17. The maximum absolute atomic E-state index is 15.5. The lowest BCUT2D eigenvalue weighted by Gasteiger charge is -2.23. The van der Waals surface area contributed by atoms with E-state index in [4.69, 9.17) is 9.47 Å². The van der Waals surface area contributed by atoms with Gasteiger partial charge < -0.3 is 19.9 Å². The second-order valence-corrected chi connectivity index (χ2v) is 8.63. The van der Waals surface area contributed by atoms with Crippen LogP contribution in [0, 0.1) is 11.6 Å². The number of pyridine rings is 1. The van der Waals surface area contributed by atoms with Crippen molar-refractivity contribution in [3.05, 3.63) is 70.9 Å². The average molecular weight is 459 g/mol. The lowest BCUT2D eigenvalue weighted by atomic mass is 9.93. The zero-order valence-corrected chi connectivity index (χ0v) is 19.3. The van der Waals surface area contributed by atoms with Crippen LogP contribution in [-0.2, 0) is 4.74 Å². The maximum Gasteiger partial charge on any atom is 0.408 e. The van der Waals surface area contributed by atoms with Crippen molar-refractivity contribution < 1.29 is 28.2 Å². The summed E-state index contributed by atoms with van der Waals surface area (Å²) in [5.74, 6) is -1.47. The van der Waals surface area contributed by atoms with Crippen molar-refractivity contribution in [1.82, 2.24) is 10.3 Å². The molecule has 176 valence electrons. The summed E-state index contributed by atoms with van der Waals surface area (Å²) in [6.07, 6.45) is -0.815. The summed E-state index contributed by atoms with van der Waals surface area (Å²) in [6, 6.07) is 8.16. The van der Waals surface area contributed by atoms with Gasteiger partial charge in [-0.3, -0.25) is 0 Å². The summed E-state index contributed by atoms with van der Waals surface area (Å²) >= 11 is 0. The lowest BCUT2D eigenvalue weighted by Crippen LogP contribution is -2.34. The molecule has 0 radical (unpaired) electrons. The third kappa shape index (κ3) is 5.39. The molecule has 0 bridgehead atoms. The molecule has 0 fully saturated rings. The number of carbonyl (C=O) groups is 1. The summed E-state index contributed by atoms with van der Waals surface area (Å²) in [6.45, 7) is 8.89. The van der Waals surface area contributed by atoms with Gasteiger partial charge in [-0.1, -0.05) is 18.2 Å². The molecule has 6 nitrogen and oxygen atoms in total. The summed E-state index contributed by atoms with van der Waals surface area (Å²) in [5.41, 5.74) is -0.907. The summed E-state index contributed by atoms with van der Waals surface area (Å²) in [7, 11) is 0. The van der Waals surface area contributed by atoms with Crippen LogP contribution in [0.1, 0.15) is 63.5 Å². The average Bonchev–Trinajstić information content (AvgIpc) is 2.72. The number of amides is 1. The quantitative estimate of drug-likeness (QED) is 0.504. The number of fused-ring (bicyclic) bond motifs is 1. The van der Waals surface area contributed by atoms with E-state index in [1.165, 1.54) is 12.3 Å². The Morgan fingerprint density at radius 3 is 2.52 bits per heavy atom. The van der Waals surface area contributed by atoms with Gasteiger partial charge in [-0.2, -0.15) is 0 Å². The molecule has 2 aromatic carbocycles. The van der Waals surface area contributed by atoms with Crippen molar-refractivity contribution in [3.8, 4) is 5.88 Å². The van der Waals surface area contributed by atoms with Crippen LogP contribution in [0.25, 0.3) is 10.8 Å². The van der Waals surface area contributed by atoms with Crippen LogP contribution < -0.4 is 10.1 Å². The molecular weight excluding hydrogens is 430 g/mol. The molecule has 8 heteroatoms. The largest absolute Gasteiger partial charge is 0.478 e. The van der Waals surface area contributed by atoms with E-state index in [9.17, 15) is 14.3 Å². The van der Waals surface area contributed by atoms with Crippen molar-refractivity contribution in [2.24, 2.45) is 0 Å². The predicted octanol–water partition coefficient (Wildman–Crippen LogP) is 5.58. The number of nitrogens with one attached hydrogen (secondary N) is 1. The third-order valence-corrected chi connectivity index (χ3v) is 5.01. The third-order valence-electron chi connectivity index (χ3n) is 5.01. The standard InChI is InChI=1S/C25H28F2N2O4/c1-6-32-23-18-9-7-8-17(16(18)12-13-28-23)22(30)20-19(26)11-10-15(21(20)27)14(2)29-24(31)33-25(3,4)5/h7-14,22,30H,6H2,1-5H3,(H,29,31)/t14-,22?/m1/s1. The second kappa shape index (κ2) is 9.70. The topological polar surface area (TPSA) is 80.7 Å². The van der Waals surface area contributed by atoms with Gasteiger partial charge in [-0.25, -0.2) is 18.6 Å². The van der Waals surface area contributed by atoms with Gasteiger partial charge in [0.15, 0.2) is 0 Å². The first-order chi connectivity index (χ1) is 15.5. The van der Waals surface area contributed by atoms with E-state index < -0.39 is 41.0 Å². The smallest absolute Gasteiger partial charge is 0.408 e. The number of aromatic nitrogens is 1. The van der Waals surface area contributed by atoms with Crippen LogP contribution in [0.15, 0.2) is 42.6 Å². The summed E-state index contributed by atoms with van der Waals surface area (Å²) in [4.78, 5) is 16.3. The van der Waals surface area contributed by atoms with Gasteiger partial charge >= 0.3 is 6.09 Å². The molecule has 2 N–H and O–H groups in total. The fourth-order valence-corrected chi connectivity index (χ4v) is 3.58. The van der Waals surface area contributed by atoms with E-state index in [-0.39, 0.29) is 5.56 Å². The first kappa shape index (κ1) is 24.4. The number of alkyl carbamates (subject to hydrolysis) is 1. The Hall–Kier alpha value is -3.26. The van der Waals surface area contributed by atoms with Gasteiger partial charge in [-0.15, -0.1) is 0 Å². The van der Waals surface area contributed by atoms with Gasteiger partial charge in [0.05, 0.1) is 18.2 Å². The van der Waals surface area contributed by atoms with E-state index in [2.05, 4.69) is 10.3 Å². The Morgan fingerprint density at radius 2 is 1.85 bits per heavy atom. The number of benzene rings is 2. The number of halogens is 2. The van der Waals surface area contributed by atoms with Crippen LogP contribution in [0.4, 0.5) is 13.6 Å². The van der Waals surface area contributed by atoms with Crippen LogP contribution in [0.2, 0.25) is 0 Å². The predicted molar refractivity (Wildman–Crippen MR) is 121 cm³/mol. The van der Waals surface area contributed by atoms with Gasteiger partial charge in [0.25, 0.3) is 0 Å². The van der Waals surface area contributed by atoms with Crippen molar-refractivity contribution >= 4 is 16.9 Å². The molecule has 3 rings (SSSR count). The number of aliphatic hydroxyl groups excluding tert-OH is 1. The molecule has 0 spiro atoms. The fourth-order valence-electron chi connectivity index (χ4n) is 3.58. The molecule has 1 aromatic heterocycles. The molecule has 1 amide bonds. The first-order valence-corrected chi connectivity index (χ1v) is 10.7. The monoisotopic (exact) mass is 458 g/mol. The molecule has 0 aliphatic carbocycles. The number of hydrogen-bond donors (Lipinski definition) is 2. The molecule has 33 heavy (non-hydrogen) atoms. The number of ether oxygens (including phenoxy) is 2. The van der Waals surface area contributed by atoms with Gasteiger partial charge in [0.1, 0.15) is 23.3 Å². The Bertz CT molecular complexity index is 1160. The van der Waals surface area contributed by atoms with Crippen LogP contribution in [0.3, 0.4) is 0 Å². The summed E-state index contributed by atoms with van der Waals surface area (Å²) in [5, 5.41) is 14.8. The van der Waals surface area contributed by atoms with E-state index in [1.807, 2.05) is 6.92 Å².